The molecule has 2 aromatic rings. The molecule has 0 amide bonds. The Hall–Kier alpha value is -2.55. The van der Waals surface area contributed by atoms with Crippen LogP contribution in [0.3, 0.4) is 0 Å². The van der Waals surface area contributed by atoms with Gasteiger partial charge < -0.3 is 14.5 Å². The Labute approximate surface area is 114 Å². The van der Waals surface area contributed by atoms with Gasteiger partial charge in [-0.25, -0.2) is 4.85 Å². The van der Waals surface area contributed by atoms with Crippen LogP contribution in [0.15, 0.2) is 30.6 Å². The van der Waals surface area contributed by atoms with E-state index < -0.39 is 6.29 Å². The Kier molecular flexibility index (Phi) is 3.61. The predicted octanol–water partition coefficient (Wildman–Crippen LogP) is 4.19. The summed E-state index contributed by atoms with van der Waals surface area (Å²) in [5.41, 5.74) is 2.37. The molecule has 1 aromatic heterocycles. The van der Waals surface area contributed by atoms with E-state index >= 15 is 0 Å². The largest absolute Gasteiger partial charge is 0.586 e. The molecule has 0 saturated heterocycles. The third kappa shape index (κ3) is 2.88. The van der Waals surface area contributed by atoms with Gasteiger partial charge in [0.05, 0.1) is 6.57 Å². The summed E-state index contributed by atoms with van der Waals surface area (Å²) in [4.78, 5) is 6.08. The fourth-order valence-corrected chi connectivity index (χ4v) is 1.66. The van der Waals surface area contributed by atoms with Gasteiger partial charge in [0, 0.05) is 6.20 Å². The Morgan fingerprint density at radius 1 is 1.15 bits per heavy atom. The number of rotatable bonds is 0. The quantitative estimate of drug-likeness (QED) is 0.734. The number of aryl methyl sites for hydroxylation is 2. The van der Waals surface area contributed by atoms with Crippen molar-refractivity contribution in [3.63, 3.8) is 0 Å². The molecular weight excluding hydrogens is 266 g/mol. The molecule has 1 aliphatic rings. The molecule has 0 spiro atoms. The van der Waals surface area contributed by atoms with Crippen LogP contribution < -0.4 is 9.47 Å². The van der Waals surface area contributed by atoms with E-state index in [2.05, 4.69) is 19.3 Å². The lowest BCUT2D eigenvalue weighted by Gasteiger charge is -2.04. The number of hydrogen-bond acceptors (Lipinski definition) is 2. The van der Waals surface area contributed by atoms with Gasteiger partial charge in [0.2, 0.25) is 5.69 Å². The molecule has 1 N–H and O–H groups in total. The molecule has 0 aliphatic carbocycles. The van der Waals surface area contributed by atoms with Crippen LogP contribution >= 0.6 is 0 Å². The van der Waals surface area contributed by atoms with Crippen LogP contribution in [-0.2, 0) is 0 Å². The number of hydrogen-bond donors (Lipinski definition) is 1. The highest BCUT2D eigenvalue weighted by molar-refractivity contribution is 5.49. The molecule has 6 heteroatoms. The van der Waals surface area contributed by atoms with Crippen molar-refractivity contribution in [1.82, 2.24) is 4.98 Å². The molecule has 0 saturated carbocycles. The van der Waals surface area contributed by atoms with E-state index in [9.17, 15) is 8.78 Å². The highest BCUT2D eigenvalue weighted by atomic mass is 19.3. The molecule has 1 aliphatic heterocycles. The zero-order valence-corrected chi connectivity index (χ0v) is 10.9. The topological polar surface area (TPSA) is 38.6 Å². The lowest BCUT2D eigenvalue weighted by Crippen LogP contribution is -2.26. The summed E-state index contributed by atoms with van der Waals surface area (Å²) in [5, 5.41) is 0. The van der Waals surface area contributed by atoms with Crippen molar-refractivity contribution in [1.29, 1.82) is 0 Å². The van der Waals surface area contributed by atoms with Crippen LogP contribution in [0.25, 0.3) is 4.85 Å². The number of halogens is 2. The minimum atomic E-state index is -3.51. The molecule has 0 radical (unpaired) electrons. The maximum Gasteiger partial charge on any atom is 0.586 e. The van der Waals surface area contributed by atoms with E-state index in [4.69, 9.17) is 6.57 Å². The maximum atomic E-state index is 12.5. The van der Waals surface area contributed by atoms with Crippen LogP contribution in [0, 0.1) is 20.4 Å². The van der Waals surface area contributed by atoms with Gasteiger partial charge in [0.15, 0.2) is 11.5 Å². The van der Waals surface area contributed by atoms with Crippen molar-refractivity contribution in [3.05, 3.63) is 53.1 Å². The van der Waals surface area contributed by atoms with E-state index in [-0.39, 0.29) is 11.5 Å². The molecule has 3 rings (SSSR count). The highest BCUT2D eigenvalue weighted by Gasteiger charge is 2.43. The van der Waals surface area contributed by atoms with E-state index in [1.54, 1.807) is 25.3 Å². The van der Waals surface area contributed by atoms with Gasteiger partial charge in [-0.3, -0.25) is 0 Å². The number of para-hydroxylation sites is 1. The smallest absolute Gasteiger partial charge is 0.395 e. The van der Waals surface area contributed by atoms with Gasteiger partial charge in [-0.15, -0.1) is 8.78 Å². The van der Waals surface area contributed by atoms with Crippen LogP contribution in [-0.4, -0.2) is 11.3 Å². The number of fused-ring (bicyclic) bond motifs is 1. The molecule has 104 valence electrons. The Balaban J connectivity index is 0.000000160. The minimum absolute atomic E-state index is 0.0972. The summed E-state index contributed by atoms with van der Waals surface area (Å²) < 4.78 is 33.4. The molecule has 0 atom stereocenters. The van der Waals surface area contributed by atoms with Gasteiger partial charge in [-0.2, -0.15) is 0 Å². The van der Waals surface area contributed by atoms with Crippen molar-refractivity contribution in [2.24, 2.45) is 0 Å². The second kappa shape index (κ2) is 5.21. The lowest BCUT2D eigenvalue weighted by atomic mass is 10.2. The van der Waals surface area contributed by atoms with E-state index in [0.717, 1.165) is 5.56 Å². The number of aromatic amines is 1. The number of nitrogens with zero attached hydrogens (tertiary/aromatic N) is 1. The van der Waals surface area contributed by atoms with Crippen LogP contribution in [0.4, 0.5) is 14.5 Å². The standard InChI is InChI=1S/C8H6F2O2.C6H6N2/c1-5-3-2-4-6-7(5)12-8(9,10)11-6;1-5-3-8-4-6(5)7-2/h2-4H,1H3;3-4,8H,1H3. The second-order valence-corrected chi connectivity index (χ2v) is 4.21. The summed E-state index contributed by atoms with van der Waals surface area (Å²) in [6.07, 6.45) is 0.00412. The van der Waals surface area contributed by atoms with Crippen molar-refractivity contribution >= 4 is 5.69 Å². The minimum Gasteiger partial charge on any atom is -0.395 e. The molecule has 4 nitrogen and oxygen atoms in total. The van der Waals surface area contributed by atoms with Gasteiger partial charge in [0.1, 0.15) is 0 Å². The average molecular weight is 278 g/mol. The van der Waals surface area contributed by atoms with Crippen LogP contribution in [0.2, 0.25) is 0 Å². The number of H-pyrrole nitrogens is 1. The third-order valence-electron chi connectivity index (χ3n) is 2.67. The van der Waals surface area contributed by atoms with Crippen molar-refractivity contribution in [2.45, 2.75) is 20.1 Å². The molecule has 0 unspecified atom stereocenters. The SMILES string of the molecule is Cc1cccc2c1OC(F)(F)O2.[C-]#[N+]c1c[nH]cc1C. The Morgan fingerprint density at radius 2 is 1.90 bits per heavy atom. The van der Waals surface area contributed by atoms with Gasteiger partial charge in [-0.1, -0.05) is 12.1 Å². The van der Waals surface area contributed by atoms with Crippen LogP contribution in [0.1, 0.15) is 11.1 Å². The third-order valence-corrected chi connectivity index (χ3v) is 2.67. The predicted molar refractivity (Wildman–Crippen MR) is 69.2 cm³/mol. The Bertz CT molecular complexity index is 659. The van der Waals surface area contributed by atoms with E-state index in [0.29, 0.717) is 11.3 Å². The zero-order valence-electron chi connectivity index (χ0n) is 10.9. The van der Waals surface area contributed by atoms with Crippen molar-refractivity contribution < 1.29 is 18.3 Å². The van der Waals surface area contributed by atoms with Crippen molar-refractivity contribution in [2.75, 3.05) is 0 Å². The van der Waals surface area contributed by atoms with E-state index in [1.165, 1.54) is 6.07 Å². The van der Waals surface area contributed by atoms with Crippen molar-refractivity contribution in [3.8, 4) is 11.5 Å². The molecule has 1 aromatic carbocycles. The van der Waals surface area contributed by atoms with Gasteiger partial charge in [-0.05, 0) is 37.2 Å². The molecule has 0 bridgehead atoms. The first-order valence-electron chi connectivity index (χ1n) is 5.79. The summed E-state index contributed by atoms with van der Waals surface area (Å²) in [6.45, 7) is 10.2. The number of nitrogens with one attached hydrogen (secondary N) is 1. The number of ether oxygens (including phenoxy) is 2. The number of alkyl halides is 2. The Morgan fingerprint density at radius 3 is 2.40 bits per heavy atom. The van der Waals surface area contributed by atoms with Gasteiger partial charge in [0.25, 0.3) is 0 Å². The zero-order chi connectivity index (χ0) is 14.8. The second-order valence-electron chi connectivity index (χ2n) is 4.21. The van der Waals surface area contributed by atoms with Gasteiger partial charge >= 0.3 is 6.29 Å². The summed E-state index contributed by atoms with van der Waals surface area (Å²) in [5.74, 6) is 0.225. The fourth-order valence-electron chi connectivity index (χ4n) is 1.66. The number of aromatic nitrogens is 1. The monoisotopic (exact) mass is 278 g/mol. The maximum absolute atomic E-state index is 12.5. The summed E-state index contributed by atoms with van der Waals surface area (Å²) in [6, 6.07) is 4.77. The first kappa shape index (κ1) is 13.9. The highest BCUT2D eigenvalue weighted by Crippen LogP contribution is 2.42. The number of benzene rings is 1. The molecule has 2 heterocycles. The average Bonchev–Trinajstić information content (AvgIpc) is 2.92. The first-order valence-corrected chi connectivity index (χ1v) is 5.79. The fraction of sp³-hybridized carbons (Fsp3) is 0.214. The summed E-state index contributed by atoms with van der Waals surface area (Å²) in [7, 11) is 0. The molecular formula is C14H12F2N2O2. The lowest BCUT2D eigenvalue weighted by molar-refractivity contribution is -0.286. The summed E-state index contributed by atoms with van der Waals surface area (Å²) >= 11 is 0. The van der Waals surface area contributed by atoms with E-state index in [1.807, 2.05) is 13.1 Å². The normalized spacial score (nSPS) is 14.2. The molecule has 0 fully saturated rings. The first-order chi connectivity index (χ1) is 9.43. The van der Waals surface area contributed by atoms with Crippen LogP contribution in [0.5, 0.6) is 11.5 Å². The molecule has 20 heavy (non-hydrogen) atoms.